The number of nitrogens with one attached hydrogen (secondary N) is 2. The molecule has 1 heterocycles. The van der Waals surface area contributed by atoms with E-state index in [1.54, 1.807) is 30.3 Å². The van der Waals surface area contributed by atoms with E-state index in [-0.39, 0.29) is 23.5 Å². The van der Waals surface area contributed by atoms with E-state index in [1.807, 2.05) is 20.8 Å². The molecule has 2 rings (SSSR count). The van der Waals surface area contributed by atoms with Gasteiger partial charge in [0.05, 0.1) is 0 Å². The van der Waals surface area contributed by atoms with Gasteiger partial charge in [0, 0.05) is 30.5 Å². The van der Waals surface area contributed by atoms with E-state index in [0.29, 0.717) is 5.69 Å². The van der Waals surface area contributed by atoms with Crippen LogP contribution in [0.2, 0.25) is 0 Å². The number of pyridine rings is 1. The van der Waals surface area contributed by atoms with Crippen LogP contribution in [0.4, 0.5) is 10.5 Å². The molecule has 0 radical (unpaired) electrons. The largest absolute Gasteiger partial charge is 0.346 e. The third kappa shape index (κ3) is 4.69. The first-order valence-corrected chi connectivity index (χ1v) is 8.61. The van der Waals surface area contributed by atoms with Crippen LogP contribution in [0.25, 0.3) is 0 Å². The van der Waals surface area contributed by atoms with Crippen LogP contribution in [-0.2, 0) is 0 Å². The summed E-state index contributed by atoms with van der Waals surface area (Å²) in [6.07, 6.45) is 7.03. The van der Waals surface area contributed by atoms with Gasteiger partial charge in [-0.2, -0.15) is 0 Å². The van der Waals surface area contributed by atoms with Crippen molar-refractivity contribution in [3.05, 3.63) is 24.0 Å². The van der Waals surface area contributed by atoms with Gasteiger partial charge < -0.3 is 10.6 Å². The number of hydrogen-bond acceptors (Lipinski definition) is 3. The maximum absolute atomic E-state index is 12.4. The predicted molar refractivity (Wildman–Crippen MR) is 95.3 cm³/mol. The second kappa shape index (κ2) is 7.64. The van der Waals surface area contributed by atoms with Crippen LogP contribution < -0.4 is 15.5 Å². The molecule has 1 aliphatic carbocycles. The Hall–Kier alpha value is -2.11. The maximum Gasteiger partial charge on any atom is 0.321 e. The van der Waals surface area contributed by atoms with E-state index in [4.69, 9.17) is 0 Å². The fourth-order valence-corrected chi connectivity index (χ4v) is 3.05. The van der Waals surface area contributed by atoms with E-state index in [0.717, 1.165) is 31.4 Å². The molecule has 3 amide bonds. The van der Waals surface area contributed by atoms with Gasteiger partial charge in [0.2, 0.25) is 0 Å². The summed E-state index contributed by atoms with van der Waals surface area (Å²) in [5, 5.41) is 5.62. The zero-order valence-electron chi connectivity index (χ0n) is 15.1. The van der Waals surface area contributed by atoms with Gasteiger partial charge >= 0.3 is 6.03 Å². The average molecular weight is 332 g/mol. The van der Waals surface area contributed by atoms with Gasteiger partial charge in [-0.15, -0.1) is 0 Å². The molecule has 2 N–H and O–H groups in total. The van der Waals surface area contributed by atoms with E-state index < -0.39 is 0 Å². The minimum absolute atomic E-state index is 0.143. The third-order valence-electron chi connectivity index (χ3n) is 4.12. The molecule has 0 atom stereocenters. The van der Waals surface area contributed by atoms with Crippen molar-refractivity contribution in [2.45, 2.75) is 64.5 Å². The summed E-state index contributed by atoms with van der Waals surface area (Å²) in [5.41, 5.74) is 0.709. The molecule has 0 spiro atoms. The van der Waals surface area contributed by atoms with Crippen LogP contribution >= 0.6 is 0 Å². The van der Waals surface area contributed by atoms with Crippen LogP contribution in [0.1, 0.15) is 63.4 Å². The molecule has 1 aromatic heterocycles. The topological polar surface area (TPSA) is 74.3 Å². The quantitative estimate of drug-likeness (QED) is 0.893. The zero-order chi connectivity index (χ0) is 17.7. The third-order valence-corrected chi connectivity index (χ3v) is 4.12. The highest BCUT2D eigenvalue weighted by Crippen LogP contribution is 2.27. The van der Waals surface area contributed by atoms with Gasteiger partial charge in [-0.3, -0.25) is 14.7 Å². The lowest BCUT2D eigenvalue weighted by atomic mass is 9.94. The molecule has 0 bridgehead atoms. The highest BCUT2D eigenvalue weighted by molar-refractivity contribution is 5.96. The first kappa shape index (κ1) is 18.2. The fourth-order valence-electron chi connectivity index (χ4n) is 3.05. The van der Waals surface area contributed by atoms with Gasteiger partial charge in [0.25, 0.3) is 5.91 Å². The van der Waals surface area contributed by atoms with Crippen molar-refractivity contribution in [3.63, 3.8) is 0 Å². The Morgan fingerprint density at radius 1 is 1.21 bits per heavy atom. The number of amides is 3. The molecular formula is C18H28N4O2. The van der Waals surface area contributed by atoms with E-state index in [9.17, 15) is 9.59 Å². The van der Waals surface area contributed by atoms with Crippen molar-refractivity contribution in [1.82, 2.24) is 15.6 Å². The molecule has 0 unspecified atom stereocenters. The smallest absolute Gasteiger partial charge is 0.321 e. The Morgan fingerprint density at radius 2 is 1.88 bits per heavy atom. The number of hydrogen-bond donors (Lipinski definition) is 2. The van der Waals surface area contributed by atoms with Crippen LogP contribution in [0.5, 0.6) is 0 Å². The van der Waals surface area contributed by atoms with Crippen LogP contribution in [0.15, 0.2) is 18.3 Å². The Bertz CT molecular complexity index is 589. The van der Waals surface area contributed by atoms with Crippen molar-refractivity contribution >= 4 is 17.6 Å². The number of rotatable bonds is 3. The molecule has 0 saturated heterocycles. The molecular weight excluding hydrogens is 304 g/mol. The summed E-state index contributed by atoms with van der Waals surface area (Å²) in [4.78, 5) is 30.7. The molecule has 0 aliphatic heterocycles. The van der Waals surface area contributed by atoms with E-state index in [2.05, 4.69) is 15.6 Å². The highest BCUT2D eigenvalue weighted by Gasteiger charge is 2.27. The number of urea groups is 1. The van der Waals surface area contributed by atoms with Crippen LogP contribution in [0.3, 0.4) is 0 Å². The first-order valence-electron chi connectivity index (χ1n) is 8.61. The lowest BCUT2D eigenvalue weighted by Gasteiger charge is -2.34. The lowest BCUT2D eigenvalue weighted by molar-refractivity contribution is 0.0914. The SMILES string of the molecule is CNC(=O)N(c1ccnc(C(=O)NC(C)(C)C)c1)C1CCCCC1. The molecule has 0 aromatic carbocycles. The summed E-state index contributed by atoms with van der Waals surface area (Å²) in [6.45, 7) is 5.77. The Morgan fingerprint density at radius 3 is 2.46 bits per heavy atom. The van der Waals surface area contributed by atoms with Crippen molar-refractivity contribution in [1.29, 1.82) is 0 Å². The molecule has 6 heteroatoms. The normalized spacial score (nSPS) is 15.7. The van der Waals surface area contributed by atoms with Crippen LogP contribution in [-0.4, -0.2) is 35.6 Å². The Labute approximate surface area is 144 Å². The Kier molecular flexibility index (Phi) is 5.80. The maximum atomic E-state index is 12.4. The van der Waals surface area contributed by atoms with Crippen molar-refractivity contribution in [2.24, 2.45) is 0 Å². The monoisotopic (exact) mass is 332 g/mol. The number of carbonyl (C=O) groups is 2. The second-order valence-corrected chi connectivity index (χ2v) is 7.32. The molecule has 24 heavy (non-hydrogen) atoms. The molecule has 1 saturated carbocycles. The van der Waals surface area contributed by atoms with Crippen molar-refractivity contribution in [3.8, 4) is 0 Å². The summed E-state index contributed by atoms with van der Waals surface area (Å²) in [5.74, 6) is -0.232. The average Bonchev–Trinajstić information content (AvgIpc) is 2.54. The lowest BCUT2D eigenvalue weighted by Crippen LogP contribution is -2.46. The van der Waals surface area contributed by atoms with Gasteiger partial charge in [-0.25, -0.2) is 4.79 Å². The summed E-state index contributed by atoms with van der Waals surface area (Å²) in [7, 11) is 1.63. The molecule has 132 valence electrons. The number of carbonyl (C=O) groups excluding carboxylic acids is 2. The number of anilines is 1. The van der Waals surface area contributed by atoms with Gasteiger partial charge in [0.1, 0.15) is 5.69 Å². The fraction of sp³-hybridized carbons (Fsp3) is 0.611. The van der Waals surface area contributed by atoms with Gasteiger partial charge in [-0.1, -0.05) is 19.3 Å². The highest BCUT2D eigenvalue weighted by atomic mass is 16.2. The first-order chi connectivity index (χ1) is 11.3. The van der Waals surface area contributed by atoms with Crippen molar-refractivity contribution in [2.75, 3.05) is 11.9 Å². The van der Waals surface area contributed by atoms with Crippen LogP contribution in [0, 0.1) is 0 Å². The molecule has 1 aliphatic rings. The Balaban J connectivity index is 2.28. The van der Waals surface area contributed by atoms with Crippen molar-refractivity contribution < 1.29 is 9.59 Å². The minimum atomic E-state index is -0.335. The molecule has 1 aromatic rings. The van der Waals surface area contributed by atoms with E-state index >= 15 is 0 Å². The van der Waals surface area contributed by atoms with Gasteiger partial charge in [-0.05, 0) is 45.7 Å². The molecule has 6 nitrogen and oxygen atoms in total. The summed E-state index contributed by atoms with van der Waals surface area (Å²) < 4.78 is 0. The van der Waals surface area contributed by atoms with E-state index in [1.165, 1.54) is 6.42 Å². The zero-order valence-corrected chi connectivity index (χ0v) is 15.1. The van der Waals surface area contributed by atoms with Gasteiger partial charge in [0.15, 0.2) is 0 Å². The number of nitrogens with zero attached hydrogens (tertiary/aromatic N) is 2. The summed E-state index contributed by atoms with van der Waals surface area (Å²) >= 11 is 0. The standard InChI is InChI=1S/C18H28N4O2/c1-18(2,3)21-16(23)15-12-14(10-11-20-15)22(17(24)19-4)13-8-6-5-7-9-13/h10-13H,5-9H2,1-4H3,(H,19,24)(H,21,23). The minimum Gasteiger partial charge on any atom is -0.346 e. The summed E-state index contributed by atoms with van der Waals surface area (Å²) in [6, 6.07) is 3.51. The number of aromatic nitrogens is 1. The molecule has 1 fully saturated rings. The predicted octanol–water partition coefficient (Wildman–Crippen LogP) is 3.09. The second-order valence-electron chi connectivity index (χ2n) is 7.32.